The van der Waals surface area contributed by atoms with Crippen molar-refractivity contribution in [3.05, 3.63) is 67.9 Å². The van der Waals surface area contributed by atoms with Crippen LogP contribution < -0.4 is 5.43 Å². The number of nitriles is 1. The van der Waals surface area contributed by atoms with Gasteiger partial charge in [-0.15, -0.1) is 0 Å². The molecule has 2 aromatic carbocycles. The molecule has 8 heteroatoms. The van der Waals surface area contributed by atoms with Gasteiger partial charge >= 0.3 is 0 Å². The molecule has 4 rings (SSSR count). The molecule has 0 spiro atoms. The standard InChI is InChI=1S/C19H11N3O5/c1-9-14(8-20)19(24)21-17-16-13(6-12(23)7-15(16)27-18(9)17)10-2-4-11(5-3-10)22(25)26/h2-7,21,24H,1H3. The van der Waals surface area contributed by atoms with Crippen LogP contribution in [0.25, 0.3) is 33.2 Å². The Balaban J connectivity index is 2.11. The molecule has 2 N–H and O–H groups in total. The Morgan fingerprint density at radius 3 is 2.59 bits per heavy atom. The Bertz CT molecular complexity index is 1340. The highest BCUT2D eigenvalue weighted by molar-refractivity contribution is 6.11. The van der Waals surface area contributed by atoms with Crippen LogP contribution >= 0.6 is 0 Å². The van der Waals surface area contributed by atoms with Crippen molar-refractivity contribution in [1.82, 2.24) is 4.98 Å². The second kappa shape index (κ2) is 5.71. The Kier molecular flexibility index (Phi) is 3.46. The molecule has 0 unspecified atom stereocenters. The van der Waals surface area contributed by atoms with E-state index in [-0.39, 0.29) is 22.6 Å². The number of pyridine rings is 1. The summed E-state index contributed by atoms with van der Waals surface area (Å²) in [7, 11) is 0. The highest BCUT2D eigenvalue weighted by Gasteiger charge is 2.20. The molecule has 8 nitrogen and oxygen atoms in total. The zero-order valence-corrected chi connectivity index (χ0v) is 13.9. The molecule has 0 saturated carbocycles. The maximum atomic E-state index is 12.1. The second-order valence-corrected chi connectivity index (χ2v) is 6.04. The Labute approximate surface area is 151 Å². The van der Waals surface area contributed by atoms with Crippen LogP contribution in [0.4, 0.5) is 5.69 Å². The molecule has 0 aliphatic carbocycles. The summed E-state index contributed by atoms with van der Waals surface area (Å²) in [5.74, 6) is -0.300. The average molecular weight is 361 g/mol. The number of nitrogens with zero attached hydrogens (tertiary/aromatic N) is 2. The zero-order chi connectivity index (χ0) is 19.3. The van der Waals surface area contributed by atoms with Gasteiger partial charge in [0.05, 0.1) is 15.8 Å². The zero-order valence-electron chi connectivity index (χ0n) is 13.9. The van der Waals surface area contributed by atoms with Gasteiger partial charge in [0.1, 0.15) is 17.2 Å². The van der Waals surface area contributed by atoms with Crippen LogP contribution in [-0.2, 0) is 0 Å². The third kappa shape index (κ3) is 2.41. The number of non-ortho nitro benzene ring substituents is 1. The number of furan rings is 1. The summed E-state index contributed by atoms with van der Waals surface area (Å²) in [6.45, 7) is 1.64. The summed E-state index contributed by atoms with van der Waals surface area (Å²) >= 11 is 0. The lowest BCUT2D eigenvalue weighted by molar-refractivity contribution is -0.384. The van der Waals surface area contributed by atoms with Gasteiger partial charge in [0.15, 0.2) is 11.0 Å². The topological polar surface area (TPSA) is 133 Å². The molecule has 0 aliphatic rings. The number of aromatic amines is 1. The van der Waals surface area contributed by atoms with Gasteiger partial charge in [-0.1, -0.05) is 0 Å². The molecule has 2 aromatic heterocycles. The van der Waals surface area contributed by atoms with E-state index < -0.39 is 4.92 Å². The number of H-pyrrole nitrogens is 1. The summed E-state index contributed by atoms with van der Waals surface area (Å²) in [5, 5.41) is 30.7. The number of fused-ring (bicyclic) bond motifs is 3. The van der Waals surface area contributed by atoms with Crippen LogP contribution in [0.1, 0.15) is 11.1 Å². The molecule has 2 heterocycles. The molecule has 0 radical (unpaired) electrons. The summed E-state index contributed by atoms with van der Waals surface area (Å²) in [5.41, 5.74) is 2.32. The van der Waals surface area contributed by atoms with E-state index in [1.807, 2.05) is 6.07 Å². The van der Waals surface area contributed by atoms with Gasteiger partial charge in [-0.2, -0.15) is 5.26 Å². The van der Waals surface area contributed by atoms with Crippen molar-refractivity contribution in [2.24, 2.45) is 0 Å². The van der Waals surface area contributed by atoms with E-state index >= 15 is 0 Å². The minimum Gasteiger partial charge on any atom is -0.494 e. The second-order valence-electron chi connectivity index (χ2n) is 6.04. The number of nitrogens with one attached hydrogen (secondary N) is 1. The molecule has 0 bridgehead atoms. The van der Waals surface area contributed by atoms with Gasteiger partial charge in [0, 0.05) is 23.8 Å². The number of hydrogen-bond acceptors (Lipinski definition) is 6. The Hall–Kier alpha value is -4.12. The normalized spacial score (nSPS) is 11.0. The van der Waals surface area contributed by atoms with Gasteiger partial charge in [0.25, 0.3) is 5.69 Å². The van der Waals surface area contributed by atoms with Crippen LogP contribution in [0.3, 0.4) is 0 Å². The van der Waals surface area contributed by atoms with E-state index in [4.69, 9.17) is 4.42 Å². The lowest BCUT2D eigenvalue weighted by Gasteiger charge is -2.05. The molecule has 132 valence electrons. The van der Waals surface area contributed by atoms with Gasteiger partial charge in [-0.05, 0) is 36.2 Å². The minimum atomic E-state index is -0.505. The van der Waals surface area contributed by atoms with E-state index in [0.29, 0.717) is 38.8 Å². The number of nitro benzene ring substituents is 1. The fourth-order valence-electron chi connectivity index (χ4n) is 3.19. The van der Waals surface area contributed by atoms with Crippen molar-refractivity contribution in [3.63, 3.8) is 0 Å². The highest BCUT2D eigenvalue weighted by atomic mass is 16.6. The fourth-order valence-corrected chi connectivity index (χ4v) is 3.19. The Morgan fingerprint density at radius 2 is 1.96 bits per heavy atom. The van der Waals surface area contributed by atoms with Crippen LogP contribution in [0.2, 0.25) is 0 Å². The molecule has 0 amide bonds. The maximum absolute atomic E-state index is 12.1. The van der Waals surface area contributed by atoms with E-state index in [2.05, 4.69) is 4.98 Å². The third-order valence-corrected chi connectivity index (χ3v) is 4.46. The highest BCUT2D eigenvalue weighted by Crippen LogP contribution is 2.38. The SMILES string of the molecule is Cc1c(C#N)c(O)[nH]c2c1oc1cc(=O)cc(-c3ccc([N+](=O)[O-])cc3)c12. The molecular formula is C19H11N3O5. The monoisotopic (exact) mass is 361 g/mol. The number of rotatable bonds is 2. The number of aromatic nitrogens is 1. The van der Waals surface area contributed by atoms with Crippen molar-refractivity contribution >= 4 is 27.8 Å². The van der Waals surface area contributed by atoms with Gasteiger partial charge in [-0.3, -0.25) is 14.9 Å². The largest absolute Gasteiger partial charge is 0.494 e. The van der Waals surface area contributed by atoms with Crippen LogP contribution in [0.15, 0.2) is 45.6 Å². The van der Waals surface area contributed by atoms with E-state index in [0.717, 1.165) is 0 Å². The van der Waals surface area contributed by atoms with Gasteiger partial charge < -0.3 is 14.5 Å². The van der Waals surface area contributed by atoms with Crippen LogP contribution in [0.5, 0.6) is 5.88 Å². The predicted molar refractivity (Wildman–Crippen MR) is 97.5 cm³/mol. The number of benzene rings is 2. The van der Waals surface area contributed by atoms with Crippen LogP contribution in [-0.4, -0.2) is 15.0 Å². The minimum absolute atomic E-state index is 0.0563. The molecule has 0 aliphatic heterocycles. The maximum Gasteiger partial charge on any atom is 0.269 e. The van der Waals surface area contributed by atoms with Crippen molar-refractivity contribution in [3.8, 4) is 23.1 Å². The smallest absolute Gasteiger partial charge is 0.269 e. The summed E-state index contributed by atoms with van der Waals surface area (Å²) in [6, 6.07) is 10.4. The number of aromatic hydroxyl groups is 1. The predicted octanol–water partition coefficient (Wildman–Crippen LogP) is 3.74. The summed E-state index contributed by atoms with van der Waals surface area (Å²) in [4.78, 5) is 25.2. The summed E-state index contributed by atoms with van der Waals surface area (Å²) < 4.78 is 5.78. The van der Waals surface area contributed by atoms with Crippen molar-refractivity contribution in [1.29, 1.82) is 5.26 Å². The Morgan fingerprint density at radius 1 is 1.26 bits per heavy atom. The molecule has 27 heavy (non-hydrogen) atoms. The molecule has 0 saturated heterocycles. The number of nitro groups is 1. The number of hydrogen-bond donors (Lipinski definition) is 2. The molecule has 4 aromatic rings. The first-order valence-corrected chi connectivity index (χ1v) is 7.87. The van der Waals surface area contributed by atoms with E-state index in [1.165, 1.54) is 24.3 Å². The average Bonchev–Trinajstić information content (AvgIpc) is 3.00. The lowest BCUT2D eigenvalue weighted by Crippen LogP contribution is -1.97. The van der Waals surface area contributed by atoms with Crippen LogP contribution in [0, 0.1) is 28.4 Å². The first kappa shape index (κ1) is 16.4. The van der Waals surface area contributed by atoms with E-state index in [9.17, 15) is 25.3 Å². The fraction of sp³-hybridized carbons (Fsp3) is 0.0526. The first-order chi connectivity index (χ1) is 12.9. The molecular weight excluding hydrogens is 350 g/mol. The van der Waals surface area contributed by atoms with Gasteiger partial charge in [0.2, 0.25) is 5.88 Å². The van der Waals surface area contributed by atoms with Crippen molar-refractivity contribution in [2.75, 3.05) is 0 Å². The summed E-state index contributed by atoms with van der Waals surface area (Å²) in [6.07, 6.45) is 0. The lowest BCUT2D eigenvalue weighted by atomic mass is 10.00. The first-order valence-electron chi connectivity index (χ1n) is 7.87. The van der Waals surface area contributed by atoms with E-state index in [1.54, 1.807) is 19.1 Å². The molecule has 0 fully saturated rings. The third-order valence-electron chi connectivity index (χ3n) is 4.46. The van der Waals surface area contributed by atoms with Crippen molar-refractivity contribution in [2.45, 2.75) is 6.92 Å². The quantitative estimate of drug-likeness (QED) is 0.413. The van der Waals surface area contributed by atoms with Crippen molar-refractivity contribution < 1.29 is 14.4 Å². The van der Waals surface area contributed by atoms with Gasteiger partial charge in [-0.25, -0.2) is 0 Å². The molecule has 0 atom stereocenters. The number of aryl methyl sites for hydroxylation is 1.